The largest absolute Gasteiger partial charge is 0.481 e. The molecule has 0 saturated carbocycles. The summed E-state index contributed by atoms with van der Waals surface area (Å²) in [5.41, 5.74) is -1.02. The summed E-state index contributed by atoms with van der Waals surface area (Å²) >= 11 is 0. The van der Waals surface area contributed by atoms with Gasteiger partial charge in [0, 0.05) is 37.7 Å². The van der Waals surface area contributed by atoms with Crippen LogP contribution in [-0.2, 0) is 38.0 Å². The van der Waals surface area contributed by atoms with E-state index in [0.717, 1.165) is 51.4 Å². The Morgan fingerprint density at radius 3 is 2.24 bits per heavy atom. The Morgan fingerprint density at radius 2 is 1.56 bits per heavy atom. The van der Waals surface area contributed by atoms with Crippen LogP contribution in [0, 0.1) is 41.4 Å². The van der Waals surface area contributed by atoms with Gasteiger partial charge in [0.05, 0.1) is 66.0 Å². The third-order valence-corrected chi connectivity index (χ3v) is 14.4. The molecule has 6 rings (SSSR count). The Balaban J connectivity index is 1.13. The van der Waals surface area contributed by atoms with Crippen molar-refractivity contribution < 1.29 is 48.2 Å². The van der Waals surface area contributed by atoms with Crippen LogP contribution in [0.5, 0.6) is 0 Å². The predicted octanol–water partition coefficient (Wildman–Crippen LogP) is 6.73. The lowest BCUT2D eigenvalue weighted by Crippen LogP contribution is -2.58. The van der Waals surface area contributed by atoms with Crippen LogP contribution in [-0.4, -0.2) is 94.9 Å². The van der Waals surface area contributed by atoms with Gasteiger partial charge in [-0.2, -0.15) is 0 Å². The first-order valence-corrected chi connectivity index (χ1v) is 19.8. The standard InChI is InChI=1S/C40H68O10/c1-21-12-13-28(45-33(21)26(6)36(41)42)18-29-19-30(44-11)27(7)40(47-29)25(5)20-38(9,50-40)32-14-15-37(8,48-32)35-23(3)17-31(46-35)34-22(2)16-24(4)39(10,43)49-34/h21-35,43H,12-20H2,1-11H3,(H,41,42). The molecule has 0 amide bonds. The number of aliphatic hydroxyl groups is 1. The van der Waals surface area contributed by atoms with E-state index < -0.39 is 34.7 Å². The SMILES string of the molecule is COC1CC(CC2CCC(C)C(C(C)C(=O)O)O2)OC2(OC(C)(C3CCC(C)(C4OC(C5OC(C)(O)C(C)CC5C)CC4C)O3)CC2C)C1C. The maximum atomic E-state index is 11.8. The van der Waals surface area contributed by atoms with Crippen LogP contribution in [0.2, 0.25) is 0 Å². The van der Waals surface area contributed by atoms with Gasteiger partial charge in [0.25, 0.3) is 0 Å². The molecule has 0 aliphatic carbocycles. The van der Waals surface area contributed by atoms with Crippen LogP contribution >= 0.6 is 0 Å². The fourth-order valence-electron chi connectivity index (χ4n) is 11.2. The maximum Gasteiger partial charge on any atom is 0.308 e. The molecule has 50 heavy (non-hydrogen) atoms. The van der Waals surface area contributed by atoms with Gasteiger partial charge in [0.1, 0.15) is 0 Å². The minimum absolute atomic E-state index is 0.0109. The molecule has 0 radical (unpaired) electrons. The zero-order valence-electron chi connectivity index (χ0n) is 32.7. The normalized spacial score (nSPS) is 55.0. The van der Waals surface area contributed by atoms with Gasteiger partial charge in [0.15, 0.2) is 11.6 Å². The molecule has 6 heterocycles. The number of carbonyl (C=O) groups is 1. The van der Waals surface area contributed by atoms with Gasteiger partial charge in [0.2, 0.25) is 0 Å². The first-order valence-electron chi connectivity index (χ1n) is 19.8. The van der Waals surface area contributed by atoms with E-state index in [1.54, 1.807) is 21.0 Å². The number of carboxylic acid groups (broad SMARTS) is 1. The van der Waals surface area contributed by atoms with Gasteiger partial charge >= 0.3 is 5.97 Å². The molecular weight excluding hydrogens is 640 g/mol. The summed E-state index contributed by atoms with van der Waals surface area (Å²) in [6, 6.07) is 0. The summed E-state index contributed by atoms with van der Waals surface area (Å²) in [6.45, 7) is 21.0. The number of aliphatic carboxylic acids is 1. The van der Waals surface area contributed by atoms with Crippen LogP contribution in [0.1, 0.15) is 127 Å². The molecule has 10 heteroatoms. The highest BCUT2D eigenvalue weighted by Crippen LogP contribution is 2.57. The summed E-state index contributed by atoms with van der Waals surface area (Å²) < 4.78 is 47.2. The lowest BCUT2D eigenvalue weighted by Gasteiger charge is -2.50. The second kappa shape index (κ2) is 14.1. The van der Waals surface area contributed by atoms with Crippen molar-refractivity contribution in [3.63, 3.8) is 0 Å². The molecule has 6 saturated heterocycles. The van der Waals surface area contributed by atoms with E-state index in [-0.39, 0.29) is 72.5 Å². The Hall–Kier alpha value is -0.850. The van der Waals surface area contributed by atoms with E-state index in [0.29, 0.717) is 18.3 Å². The van der Waals surface area contributed by atoms with E-state index in [1.165, 1.54) is 0 Å². The monoisotopic (exact) mass is 708 g/mol. The molecule has 1 spiro atoms. The highest BCUT2D eigenvalue weighted by Gasteiger charge is 2.65. The zero-order chi connectivity index (χ0) is 36.6. The highest BCUT2D eigenvalue weighted by molar-refractivity contribution is 5.70. The first kappa shape index (κ1) is 38.9. The topological polar surface area (TPSA) is 122 Å². The van der Waals surface area contributed by atoms with E-state index in [1.807, 2.05) is 0 Å². The second-order valence-electron chi connectivity index (χ2n) is 18.4. The van der Waals surface area contributed by atoms with Gasteiger partial charge in [-0.3, -0.25) is 4.79 Å². The van der Waals surface area contributed by atoms with E-state index in [4.69, 9.17) is 33.2 Å². The fourth-order valence-corrected chi connectivity index (χ4v) is 11.2. The van der Waals surface area contributed by atoms with Crippen molar-refractivity contribution in [1.29, 1.82) is 0 Å². The number of methoxy groups -OCH3 is 1. The van der Waals surface area contributed by atoms with Crippen molar-refractivity contribution in [2.45, 2.75) is 199 Å². The van der Waals surface area contributed by atoms with Crippen molar-refractivity contribution in [3.8, 4) is 0 Å². The molecule has 6 aliphatic heterocycles. The Labute approximate surface area is 300 Å². The number of hydrogen-bond acceptors (Lipinski definition) is 9. The molecular formula is C40H68O10. The van der Waals surface area contributed by atoms with Crippen molar-refractivity contribution in [1.82, 2.24) is 0 Å². The van der Waals surface area contributed by atoms with Crippen molar-refractivity contribution >= 4 is 5.97 Å². The number of rotatable bonds is 8. The van der Waals surface area contributed by atoms with Crippen molar-refractivity contribution in [2.75, 3.05) is 7.11 Å². The molecule has 0 aromatic rings. The molecule has 19 unspecified atom stereocenters. The smallest absolute Gasteiger partial charge is 0.308 e. The van der Waals surface area contributed by atoms with Crippen molar-refractivity contribution in [3.05, 3.63) is 0 Å². The van der Waals surface area contributed by atoms with Gasteiger partial charge in [-0.15, -0.1) is 0 Å². The summed E-state index contributed by atoms with van der Waals surface area (Å²) in [5, 5.41) is 20.6. The van der Waals surface area contributed by atoms with Crippen LogP contribution in [0.15, 0.2) is 0 Å². The van der Waals surface area contributed by atoms with Gasteiger partial charge in [-0.25, -0.2) is 0 Å². The minimum atomic E-state index is -1.15. The van der Waals surface area contributed by atoms with E-state index in [9.17, 15) is 15.0 Å². The summed E-state index contributed by atoms with van der Waals surface area (Å²) in [5.74, 6) is -2.36. The first-order chi connectivity index (χ1) is 23.3. The zero-order valence-corrected chi connectivity index (χ0v) is 32.7. The summed E-state index contributed by atoms with van der Waals surface area (Å²) in [6.07, 6.45) is 6.64. The van der Waals surface area contributed by atoms with Crippen LogP contribution in [0.4, 0.5) is 0 Å². The van der Waals surface area contributed by atoms with Crippen LogP contribution < -0.4 is 0 Å². The Morgan fingerprint density at radius 1 is 0.840 bits per heavy atom. The maximum absolute atomic E-state index is 11.8. The quantitative estimate of drug-likeness (QED) is 0.281. The molecule has 0 bridgehead atoms. The summed E-state index contributed by atoms with van der Waals surface area (Å²) in [4.78, 5) is 11.8. The van der Waals surface area contributed by atoms with Crippen LogP contribution in [0.25, 0.3) is 0 Å². The molecule has 19 atom stereocenters. The number of ether oxygens (including phenoxy) is 7. The lowest BCUT2D eigenvalue weighted by atomic mass is 9.78. The molecule has 2 N–H and O–H groups in total. The predicted molar refractivity (Wildman–Crippen MR) is 187 cm³/mol. The lowest BCUT2D eigenvalue weighted by molar-refractivity contribution is -0.352. The average molecular weight is 709 g/mol. The molecule has 10 nitrogen and oxygen atoms in total. The molecule has 288 valence electrons. The Bertz CT molecular complexity index is 1210. The number of hydrogen-bond donors (Lipinski definition) is 2. The molecule has 6 fully saturated rings. The third kappa shape index (κ3) is 6.96. The third-order valence-electron chi connectivity index (χ3n) is 14.4. The fraction of sp³-hybridized carbons (Fsp3) is 0.975. The second-order valence-corrected chi connectivity index (χ2v) is 18.4. The van der Waals surface area contributed by atoms with Crippen LogP contribution in [0.3, 0.4) is 0 Å². The molecule has 0 aromatic heterocycles. The molecule has 6 aliphatic rings. The molecule has 0 aromatic carbocycles. The Kier molecular flexibility index (Phi) is 11.0. The van der Waals surface area contributed by atoms with Gasteiger partial charge < -0.3 is 43.4 Å². The number of carboxylic acids is 1. The average Bonchev–Trinajstić information content (AvgIpc) is 3.72. The van der Waals surface area contributed by atoms with E-state index >= 15 is 0 Å². The summed E-state index contributed by atoms with van der Waals surface area (Å²) in [7, 11) is 1.78. The highest BCUT2D eigenvalue weighted by atomic mass is 16.7. The van der Waals surface area contributed by atoms with Crippen molar-refractivity contribution in [2.24, 2.45) is 41.4 Å². The minimum Gasteiger partial charge on any atom is -0.481 e. The van der Waals surface area contributed by atoms with Gasteiger partial charge in [-0.1, -0.05) is 41.5 Å². The van der Waals surface area contributed by atoms with Gasteiger partial charge in [-0.05, 0) is 90.4 Å². The van der Waals surface area contributed by atoms with E-state index in [2.05, 4.69) is 55.4 Å².